The molecule has 2 unspecified atom stereocenters. The fourth-order valence-electron chi connectivity index (χ4n) is 1.45. The van der Waals surface area contributed by atoms with Crippen molar-refractivity contribution in [1.29, 1.82) is 0 Å². The molecule has 1 rings (SSSR count). The number of amides is 1. The van der Waals surface area contributed by atoms with Crippen LogP contribution in [0.1, 0.15) is 24.3 Å². The lowest BCUT2D eigenvalue weighted by Gasteiger charge is -2.26. The summed E-state index contributed by atoms with van der Waals surface area (Å²) in [5.74, 6) is -0.0409. The van der Waals surface area contributed by atoms with Gasteiger partial charge in [-0.05, 0) is 24.8 Å². The van der Waals surface area contributed by atoms with Gasteiger partial charge in [0.2, 0.25) is 5.91 Å². The molecule has 3 nitrogen and oxygen atoms in total. The molecule has 4 heteroatoms. The molecule has 0 saturated carbocycles. The highest BCUT2D eigenvalue weighted by Crippen LogP contribution is 2.23. The van der Waals surface area contributed by atoms with E-state index in [0.29, 0.717) is 6.42 Å². The van der Waals surface area contributed by atoms with Gasteiger partial charge in [-0.15, -0.1) is 17.9 Å². The molecule has 1 aromatic rings. The molecule has 1 aromatic heterocycles. The van der Waals surface area contributed by atoms with E-state index in [9.17, 15) is 4.79 Å². The third-order valence-corrected chi connectivity index (χ3v) is 3.66. The molecule has 0 aliphatic rings. The summed E-state index contributed by atoms with van der Waals surface area (Å²) in [4.78, 5) is 14.8. The average Bonchev–Trinajstić information content (AvgIpc) is 2.79. The van der Waals surface area contributed by atoms with Gasteiger partial charge in [0.25, 0.3) is 0 Å². The van der Waals surface area contributed by atoms with Crippen molar-refractivity contribution < 1.29 is 4.79 Å². The standard InChI is InChI=1S/C12H18N2OS/c1-4-6-10(13)12(15)14(3)9(2)11-7-5-8-16-11/h4-5,7-10H,1,6,13H2,2-3H3. The summed E-state index contributed by atoms with van der Waals surface area (Å²) in [5.41, 5.74) is 5.76. The highest BCUT2D eigenvalue weighted by Gasteiger charge is 2.22. The van der Waals surface area contributed by atoms with E-state index in [2.05, 4.69) is 6.58 Å². The van der Waals surface area contributed by atoms with Crippen LogP contribution in [-0.2, 0) is 4.79 Å². The molecule has 0 bridgehead atoms. The smallest absolute Gasteiger partial charge is 0.240 e. The fourth-order valence-corrected chi connectivity index (χ4v) is 2.28. The summed E-state index contributed by atoms with van der Waals surface area (Å²) >= 11 is 1.65. The molecule has 0 aromatic carbocycles. The predicted octanol–water partition coefficient (Wildman–Crippen LogP) is 2.17. The Morgan fingerprint density at radius 3 is 2.94 bits per heavy atom. The Balaban J connectivity index is 2.66. The Kier molecular flexibility index (Phi) is 4.71. The zero-order valence-electron chi connectivity index (χ0n) is 9.72. The molecule has 88 valence electrons. The summed E-state index contributed by atoms with van der Waals surface area (Å²) < 4.78 is 0. The van der Waals surface area contributed by atoms with Gasteiger partial charge < -0.3 is 10.6 Å². The molecular formula is C12H18N2OS. The van der Waals surface area contributed by atoms with Crippen molar-refractivity contribution >= 4 is 17.2 Å². The first-order valence-electron chi connectivity index (χ1n) is 5.24. The van der Waals surface area contributed by atoms with E-state index >= 15 is 0 Å². The van der Waals surface area contributed by atoms with Gasteiger partial charge in [-0.25, -0.2) is 0 Å². The van der Waals surface area contributed by atoms with E-state index in [4.69, 9.17) is 5.73 Å². The number of rotatable bonds is 5. The van der Waals surface area contributed by atoms with E-state index in [1.54, 1.807) is 29.4 Å². The van der Waals surface area contributed by atoms with Crippen LogP contribution in [0.2, 0.25) is 0 Å². The molecule has 16 heavy (non-hydrogen) atoms. The van der Waals surface area contributed by atoms with Gasteiger partial charge >= 0.3 is 0 Å². The van der Waals surface area contributed by atoms with Crippen LogP contribution in [0.4, 0.5) is 0 Å². The van der Waals surface area contributed by atoms with Crippen molar-refractivity contribution in [3.8, 4) is 0 Å². The Morgan fingerprint density at radius 1 is 1.75 bits per heavy atom. The molecule has 2 atom stereocenters. The number of hydrogen-bond donors (Lipinski definition) is 1. The van der Waals surface area contributed by atoms with E-state index in [1.807, 2.05) is 24.4 Å². The Bertz CT molecular complexity index is 348. The van der Waals surface area contributed by atoms with Crippen LogP contribution in [0.3, 0.4) is 0 Å². The molecule has 0 radical (unpaired) electrons. The minimum Gasteiger partial charge on any atom is -0.337 e. The van der Waals surface area contributed by atoms with Crippen molar-refractivity contribution in [2.45, 2.75) is 25.4 Å². The first-order valence-corrected chi connectivity index (χ1v) is 6.12. The molecule has 2 N–H and O–H groups in total. The number of nitrogens with zero attached hydrogens (tertiary/aromatic N) is 1. The van der Waals surface area contributed by atoms with Crippen LogP contribution in [0.5, 0.6) is 0 Å². The number of hydrogen-bond acceptors (Lipinski definition) is 3. The van der Waals surface area contributed by atoms with Crippen LogP contribution >= 0.6 is 11.3 Å². The van der Waals surface area contributed by atoms with E-state index < -0.39 is 6.04 Å². The number of likely N-dealkylation sites (N-methyl/N-ethyl adjacent to an activating group) is 1. The van der Waals surface area contributed by atoms with Crippen LogP contribution < -0.4 is 5.73 Å². The first kappa shape index (κ1) is 12.9. The van der Waals surface area contributed by atoms with Crippen LogP contribution in [-0.4, -0.2) is 23.9 Å². The Labute approximate surface area is 101 Å². The second-order valence-corrected chi connectivity index (χ2v) is 4.75. The number of carbonyl (C=O) groups excluding carboxylic acids is 1. The Morgan fingerprint density at radius 2 is 2.44 bits per heavy atom. The molecule has 0 aliphatic heterocycles. The van der Waals surface area contributed by atoms with E-state index in [1.165, 1.54) is 4.88 Å². The second kappa shape index (κ2) is 5.82. The maximum Gasteiger partial charge on any atom is 0.240 e. The van der Waals surface area contributed by atoms with Gasteiger partial charge in [0.05, 0.1) is 12.1 Å². The highest BCUT2D eigenvalue weighted by molar-refractivity contribution is 7.10. The van der Waals surface area contributed by atoms with E-state index in [0.717, 1.165) is 0 Å². The van der Waals surface area contributed by atoms with Gasteiger partial charge in [-0.2, -0.15) is 0 Å². The van der Waals surface area contributed by atoms with E-state index in [-0.39, 0.29) is 11.9 Å². The third-order valence-electron chi connectivity index (χ3n) is 2.62. The largest absolute Gasteiger partial charge is 0.337 e. The van der Waals surface area contributed by atoms with Crippen molar-refractivity contribution in [3.05, 3.63) is 35.0 Å². The minimum absolute atomic E-state index is 0.0409. The van der Waals surface area contributed by atoms with Gasteiger partial charge in [0.15, 0.2) is 0 Å². The van der Waals surface area contributed by atoms with Crippen LogP contribution in [0, 0.1) is 0 Å². The minimum atomic E-state index is -0.482. The topological polar surface area (TPSA) is 46.3 Å². The van der Waals surface area contributed by atoms with Crippen molar-refractivity contribution in [1.82, 2.24) is 4.90 Å². The Hall–Kier alpha value is -1.13. The zero-order valence-corrected chi connectivity index (χ0v) is 10.5. The fraction of sp³-hybridized carbons (Fsp3) is 0.417. The molecular weight excluding hydrogens is 220 g/mol. The number of carbonyl (C=O) groups is 1. The lowest BCUT2D eigenvalue weighted by Crippen LogP contribution is -2.42. The summed E-state index contributed by atoms with van der Waals surface area (Å²) in [6.07, 6.45) is 2.19. The third kappa shape index (κ3) is 2.93. The molecule has 1 heterocycles. The lowest BCUT2D eigenvalue weighted by atomic mass is 10.1. The van der Waals surface area contributed by atoms with Crippen molar-refractivity contribution in [2.24, 2.45) is 5.73 Å². The maximum absolute atomic E-state index is 11.9. The normalized spacial score (nSPS) is 14.2. The SMILES string of the molecule is C=CCC(N)C(=O)N(C)C(C)c1cccs1. The number of nitrogens with two attached hydrogens (primary N) is 1. The zero-order chi connectivity index (χ0) is 12.1. The molecule has 0 aliphatic carbocycles. The van der Waals surface area contributed by atoms with Gasteiger partial charge in [-0.1, -0.05) is 12.1 Å². The molecule has 0 saturated heterocycles. The first-order chi connectivity index (χ1) is 7.57. The summed E-state index contributed by atoms with van der Waals surface area (Å²) in [6.45, 7) is 5.59. The summed E-state index contributed by atoms with van der Waals surface area (Å²) in [6, 6.07) is 3.60. The van der Waals surface area contributed by atoms with Gasteiger partial charge in [0, 0.05) is 11.9 Å². The van der Waals surface area contributed by atoms with Crippen LogP contribution in [0.15, 0.2) is 30.2 Å². The average molecular weight is 238 g/mol. The quantitative estimate of drug-likeness (QED) is 0.799. The summed E-state index contributed by atoms with van der Waals surface area (Å²) in [7, 11) is 1.79. The number of thiophene rings is 1. The summed E-state index contributed by atoms with van der Waals surface area (Å²) in [5, 5.41) is 2.01. The van der Waals surface area contributed by atoms with Crippen molar-refractivity contribution in [2.75, 3.05) is 7.05 Å². The van der Waals surface area contributed by atoms with Gasteiger partial charge in [-0.3, -0.25) is 4.79 Å². The van der Waals surface area contributed by atoms with Gasteiger partial charge in [0.1, 0.15) is 0 Å². The monoisotopic (exact) mass is 238 g/mol. The molecule has 0 spiro atoms. The van der Waals surface area contributed by atoms with Crippen molar-refractivity contribution in [3.63, 3.8) is 0 Å². The lowest BCUT2D eigenvalue weighted by molar-refractivity contribution is -0.133. The second-order valence-electron chi connectivity index (χ2n) is 3.77. The molecule has 1 amide bonds. The predicted molar refractivity (Wildman–Crippen MR) is 68.3 cm³/mol. The highest BCUT2D eigenvalue weighted by atomic mass is 32.1. The van der Waals surface area contributed by atoms with Crippen LogP contribution in [0.25, 0.3) is 0 Å². The molecule has 0 fully saturated rings. The maximum atomic E-state index is 11.9.